The molecular formula is C6H18O8P2. The molecule has 0 saturated carbocycles. The van der Waals surface area contributed by atoms with Crippen molar-refractivity contribution in [2.45, 2.75) is 39.9 Å². The maximum atomic E-state index is 9.91. The molecule has 100 valence electrons. The van der Waals surface area contributed by atoms with Gasteiger partial charge in [-0.3, -0.25) is 9.05 Å². The van der Waals surface area contributed by atoms with Gasteiger partial charge >= 0.3 is 15.6 Å². The predicted octanol–water partition coefficient (Wildman–Crippen LogP) is 1.01. The highest BCUT2D eigenvalue weighted by atomic mass is 31.2. The fourth-order valence-electron chi connectivity index (χ4n) is 0.549. The molecular weight excluding hydrogens is 262 g/mol. The molecule has 0 aromatic rings. The predicted molar refractivity (Wildman–Crippen MR) is 56.5 cm³/mol. The average Bonchev–Trinajstić information content (AvgIpc) is 1.72. The standard InChI is InChI=1S/2C3H9O4P/c2*1-3(2)7-8(4,5)6/h2*3H,1-2H3,(H2,4,5,6). The SMILES string of the molecule is CC(C)OP(=O)(O)O.CC(C)OP(=O)(O)O. The summed E-state index contributed by atoms with van der Waals surface area (Å²) in [6.07, 6.45) is -0.841. The molecule has 0 heterocycles. The van der Waals surface area contributed by atoms with Crippen molar-refractivity contribution in [1.82, 2.24) is 0 Å². The fraction of sp³-hybridized carbons (Fsp3) is 1.00. The van der Waals surface area contributed by atoms with Crippen molar-refractivity contribution in [2.24, 2.45) is 0 Å². The lowest BCUT2D eigenvalue weighted by Crippen LogP contribution is -1.98. The van der Waals surface area contributed by atoms with Crippen molar-refractivity contribution >= 4 is 15.6 Å². The summed E-state index contributed by atoms with van der Waals surface area (Å²) >= 11 is 0. The molecule has 0 aliphatic carbocycles. The second-order valence-corrected chi connectivity index (χ2v) is 5.67. The molecule has 16 heavy (non-hydrogen) atoms. The minimum atomic E-state index is -4.22. The summed E-state index contributed by atoms with van der Waals surface area (Å²) in [7, 11) is -8.44. The van der Waals surface area contributed by atoms with E-state index in [-0.39, 0.29) is 0 Å². The molecule has 10 heteroatoms. The molecule has 0 aromatic heterocycles. The third kappa shape index (κ3) is 23.8. The number of rotatable bonds is 4. The molecule has 0 unspecified atom stereocenters. The highest BCUT2D eigenvalue weighted by Crippen LogP contribution is 2.37. The summed E-state index contributed by atoms with van der Waals surface area (Å²) in [5.41, 5.74) is 0. The summed E-state index contributed by atoms with van der Waals surface area (Å²) in [6.45, 7) is 6.22. The Balaban J connectivity index is 0. The van der Waals surface area contributed by atoms with Crippen LogP contribution in [0.4, 0.5) is 0 Å². The van der Waals surface area contributed by atoms with Crippen molar-refractivity contribution < 1.29 is 37.8 Å². The zero-order chi connectivity index (χ0) is 13.6. The van der Waals surface area contributed by atoms with Gasteiger partial charge in [-0.2, -0.15) is 0 Å². The summed E-state index contributed by atoms with van der Waals surface area (Å²) < 4.78 is 28.0. The Kier molecular flexibility index (Phi) is 8.74. The van der Waals surface area contributed by atoms with Crippen molar-refractivity contribution in [1.29, 1.82) is 0 Å². The molecule has 0 spiro atoms. The van der Waals surface area contributed by atoms with Crippen molar-refractivity contribution in [3.05, 3.63) is 0 Å². The minimum absolute atomic E-state index is 0.421. The van der Waals surface area contributed by atoms with Crippen LogP contribution in [0.25, 0.3) is 0 Å². The molecule has 0 aliphatic rings. The van der Waals surface area contributed by atoms with Gasteiger partial charge in [-0.1, -0.05) is 0 Å². The van der Waals surface area contributed by atoms with Crippen LogP contribution in [0.15, 0.2) is 0 Å². The van der Waals surface area contributed by atoms with Crippen molar-refractivity contribution in [2.75, 3.05) is 0 Å². The van der Waals surface area contributed by atoms with Crippen molar-refractivity contribution in [3.63, 3.8) is 0 Å². The van der Waals surface area contributed by atoms with Crippen molar-refractivity contribution in [3.8, 4) is 0 Å². The van der Waals surface area contributed by atoms with Gasteiger partial charge in [0, 0.05) is 0 Å². The van der Waals surface area contributed by atoms with Gasteiger partial charge in [0.25, 0.3) is 0 Å². The van der Waals surface area contributed by atoms with Crippen LogP contribution in [0.2, 0.25) is 0 Å². The number of hydrogen-bond acceptors (Lipinski definition) is 4. The third-order valence-corrected chi connectivity index (χ3v) is 2.09. The van der Waals surface area contributed by atoms with Gasteiger partial charge in [-0.05, 0) is 27.7 Å². The van der Waals surface area contributed by atoms with Crippen LogP contribution in [0.5, 0.6) is 0 Å². The van der Waals surface area contributed by atoms with Crippen LogP contribution in [-0.2, 0) is 18.2 Å². The Morgan fingerprint density at radius 2 is 0.938 bits per heavy atom. The first-order chi connectivity index (χ1) is 6.83. The topological polar surface area (TPSA) is 134 Å². The van der Waals surface area contributed by atoms with E-state index in [1.807, 2.05) is 0 Å². The largest absolute Gasteiger partial charge is 0.469 e. The minimum Gasteiger partial charge on any atom is -0.303 e. The quantitative estimate of drug-likeness (QED) is 0.560. The third-order valence-electron chi connectivity index (χ3n) is 0.696. The van der Waals surface area contributed by atoms with Gasteiger partial charge in [-0.15, -0.1) is 0 Å². The van der Waals surface area contributed by atoms with Gasteiger partial charge in [0.2, 0.25) is 0 Å². The van der Waals surface area contributed by atoms with Crippen LogP contribution < -0.4 is 0 Å². The second kappa shape index (κ2) is 7.53. The zero-order valence-electron chi connectivity index (χ0n) is 9.47. The highest BCUT2D eigenvalue weighted by molar-refractivity contribution is 7.46. The van der Waals surface area contributed by atoms with Gasteiger partial charge in [0.15, 0.2) is 0 Å². The molecule has 0 radical (unpaired) electrons. The lowest BCUT2D eigenvalue weighted by molar-refractivity contribution is 0.154. The number of hydrogen-bond donors (Lipinski definition) is 4. The molecule has 0 aromatic carbocycles. The second-order valence-electron chi connectivity index (χ2n) is 3.29. The Morgan fingerprint density at radius 1 is 0.750 bits per heavy atom. The first kappa shape index (κ1) is 18.6. The maximum Gasteiger partial charge on any atom is 0.469 e. The smallest absolute Gasteiger partial charge is 0.303 e. The molecule has 4 N–H and O–H groups in total. The lowest BCUT2D eigenvalue weighted by Gasteiger charge is -2.06. The summed E-state index contributed by atoms with van der Waals surface area (Å²) in [5, 5.41) is 0. The lowest BCUT2D eigenvalue weighted by atomic mass is 10.5. The van der Waals surface area contributed by atoms with E-state index >= 15 is 0 Å². The van der Waals surface area contributed by atoms with E-state index in [2.05, 4.69) is 9.05 Å². The molecule has 0 aliphatic heterocycles. The molecule has 0 rings (SSSR count). The van der Waals surface area contributed by atoms with Crippen LogP contribution >= 0.6 is 15.6 Å². The molecule has 0 amide bonds. The Morgan fingerprint density at radius 3 is 0.938 bits per heavy atom. The first-order valence-corrected chi connectivity index (χ1v) is 7.37. The molecule has 8 nitrogen and oxygen atoms in total. The highest BCUT2D eigenvalue weighted by Gasteiger charge is 2.15. The number of phosphoric ester groups is 2. The van der Waals surface area contributed by atoms with Gasteiger partial charge < -0.3 is 19.6 Å². The monoisotopic (exact) mass is 280 g/mol. The van der Waals surface area contributed by atoms with E-state index < -0.39 is 27.9 Å². The normalized spacial score (nSPS) is 12.6. The van der Waals surface area contributed by atoms with Crippen LogP contribution in [0.3, 0.4) is 0 Å². The molecule has 0 fully saturated rings. The Bertz CT molecular complexity index is 236. The van der Waals surface area contributed by atoms with Gasteiger partial charge in [0.1, 0.15) is 0 Å². The summed E-state index contributed by atoms with van der Waals surface area (Å²) in [4.78, 5) is 32.3. The van der Waals surface area contributed by atoms with E-state index in [1.54, 1.807) is 27.7 Å². The first-order valence-electron chi connectivity index (χ1n) is 4.31. The Hall–Kier alpha value is 0.220. The van der Waals surface area contributed by atoms with Crippen LogP contribution in [-0.4, -0.2) is 31.8 Å². The van der Waals surface area contributed by atoms with E-state index in [4.69, 9.17) is 19.6 Å². The molecule has 0 atom stereocenters. The zero-order valence-corrected chi connectivity index (χ0v) is 11.3. The van der Waals surface area contributed by atoms with Gasteiger partial charge in [0.05, 0.1) is 12.2 Å². The summed E-state index contributed by atoms with van der Waals surface area (Å²) in [6, 6.07) is 0. The maximum absolute atomic E-state index is 9.91. The molecule has 0 saturated heterocycles. The van der Waals surface area contributed by atoms with E-state index in [1.165, 1.54) is 0 Å². The fourth-order valence-corrected chi connectivity index (χ4v) is 1.65. The van der Waals surface area contributed by atoms with E-state index in [9.17, 15) is 9.13 Å². The van der Waals surface area contributed by atoms with Gasteiger partial charge in [-0.25, -0.2) is 9.13 Å². The Labute approximate surface area is 94.1 Å². The van der Waals surface area contributed by atoms with Crippen LogP contribution in [0.1, 0.15) is 27.7 Å². The van der Waals surface area contributed by atoms with E-state index in [0.717, 1.165) is 0 Å². The summed E-state index contributed by atoms with van der Waals surface area (Å²) in [5.74, 6) is 0. The average molecular weight is 280 g/mol. The van der Waals surface area contributed by atoms with Crippen LogP contribution in [0, 0.1) is 0 Å². The molecule has 0 bridgehead atoms. The number of phosphoric acid groups is 2. The van der Waals surface area contributed by atoms with E-state index in [0.29, 0.717) is 0 Å².